The van der Waals surface area contributed by atoms with Gasteiger partial charge >= 0.3 is 0 Å². The third-order valence-electron chi connectivity index (χ3n) is 1.74. The zero-order valence-corrected chi connectivity index (χ0v) is 9.82. The van der Waals surface area contributed by atoms with Gasteiger partial charge in [-0.05, 0) is 6.92 Å². The molecule has 0 bridgehead atoms. The van der Waals surface area contributed by atoms with Gasteiger partial charge in [0.2, 0.25) is 0 Å². The Hall–Kier alpha value is -1.35. The van der Waals surface area contributed by atoms with Gasteiger partial charge in [0.05, 0.1) is 6.61 Å². The quantitative estimate of drug-likeness (QED) is 0.613. The van der Waals surface area contributed by atoms with Crippen LogP contribution in [0.25, 0.3) is 0 Å². The van der Waals surface area contributed by atoms with Gasteiger partial charge in [-0.3, -0.25) is 0 Å². The summed E-state index contributed by atoms with van der Waals surface area (Å²) in [6, 6.07) is 7.75. The number of aliphatic hydroxyl groups excluding tert-OH is 1. The van der Waals surface area contributed by atoms with Crippen LogP contribution >= 0.6 is 0 Å². The number of hydrogen-bond donors (Lipinski definition) is 1. The topological polar surface area (TPSA) is 41.8 Å². The van der Waals surface area contributed by atoms with E-state index in [1.807, 2.05) is 45.0 Å². The van der Waals surface area contributed by atoms with Crippen molar-refractivity contribution in [2.24, 2.45) is 5.16 Å². The van der Waals surface area contributed by atoms with E-state index in [1.54, 1.807) is 0 Å². The number of benzene rings is 1. The molecule has 0 saturated heterocycles. The Balaban J connectivity index is 0.000000921. The molecule has 0 amide bonds. The van der Waals surface area contributed by atoms with Gasteiger partial charge in [-0.15, -0.1) is 0 Å². The van der Waals surface area contributed by atoms with E-state index in [-0.39, 0.29) is 6.61 Å². The summed E-state index contributed by atoms with van der Waals surface area (Å²) in [5, 5.41) is 12.7. The Bertz CT molecular complexity index is 291. The third-order valence-corrected chi connectivity index (χ3v) is 1.74. The molecule has 0 unspecified atom stereocenters. The second-order valence-corrected chi connectivity index (χ2v) is 2.74. The van der Waals surface area contributed by atoms with Crippen molar-refractivity contribution in [1.82, 2.24) is 0 Å². The van der Waals surface area contributed by atoms with Gasteiger partial charge in [0.15, 0.2) is 0 Å². The first-order chi connectivity index (χ1) is 7.27. The molecule has 0 fully saturated rings. The maximum atomic E-state index is 8.97. The predicted octanol–water partition coefficient (Wildman–Crippen LogP) is 2.36. The van der Waals surface area contributed by atoms with Crippen LogP contribution in [0, 0.1) is 6.92 Å². The number of hydrogen-bond acceptors (Lipinski definition) is 3. The second-order valence-electron chi connectivity index (χ2n) is 2.74. The van der Waals surface area contributed by atoms with Crippen molar-refractivity contribution in [3.63, 3.8) is 0 Å². The molecule has 1 aromatic rings. The van der Waals surface area contributed by atoms with Crippen molar-refractivity contribution in [1.29, 1.82) is 0 Å². The zero-order valence-electron chi connectivity index (χ0n) is 9.82. The van der Waals surface area contributed by atoms with Crippen LogP contribution in [0.5, 0.6) is 0 Å². The molecule has 0 aromatic heterocycles. The standard InChI is InChI=1S/C10H13NO2.C2H6/c1-8-3-5-9(6-4-8)10(7-12)11-13-2;1-2/h3-6,12H,7H2,1-2H3;1-2H3/b11-10+;. The maximum absolute atomic E-state index is 8.97. The van der Waals surface area contributed by atoms with Gasteiger partial charge in [0.1, 0.15) is 12.8 Å². The molecule has 1 aromatic carbocycles. The van der Waals surface area contributed by atoms with E-state index in [0.29, 0.717) is 5.71 Å². The number of oxime groups is 1. The van der Waals surface area contributed by atoms with Crippen LogP contribution < -0.4 is 0 Å². The molecular formula is C12H19NO2. The summed E-state index contributed by atoms with van der Waals surface area (Å²) in [6.45, 7) is 5.90. The van der Waals surface area contributed by atoms with Crippen LogP contribution in [0.3, 0.4) is 0 Å². The van der Waals surface area contributed by atoms with Crippen molar-refractivity contribution < 1.29 is 9.94 Å². The minimum absolute atomic E-state index is 0.114. The highest BCUT2D eigenvalue weighted by atomic mass is 16.6. The molecule has 15 heavy (non-hydrogen) atoms. The Kier molecular flexibility index (Phi) is 7.28. The molecule has 0 radical (unpaired) electrons. The summed E-state index contributed by atoms with van der Waals surface area (Å²) in [5.41, 5.74) is 2.61. The molecule has 0 aliphatic heterocycles. The van der Waals surface area contributed by atoms with Gasteiger partial charge < -0.3 is 9.94 Å². The molecule has 1 N–H and O–H groups in total. The molecule has 0 aliphatic rings. The van der Waals surface area contributed by atoms with Crippen LogP contribution in [-0.2, 0) is 4.84 Å². The number of nitrogens with zero attached hydrogens (tertiary/aromatic N) is 1. The lowest BCUT2D eigenvalue weighted by Crippen LogP contribution is -2.06. The van der Waals surface area contributed by atoms with E-state index in [1.165, 1.54) is 12.7 Å². The average molecular weight is 209 g/mol. The summed E-state index contributed by atoms with van der Waals surface area (Å²) in [4.78, 5) is 4.61. The summed E-state index contributed by atoms with van der Waals surface area (Å²) in [6.07, 6.45) is 0. The highest BCUT2D eigenvalue weighted by Crippen LogP contribution is 2.04. The van der Waals surface area contributed by atoms with Crippen LogP contribution in [0.15, 0.2) is 29.4 Å². The Labute approximate surface area is 91.4 Å². The monoisotopic (exact) mass is 209 g/mol. The fraction of sp³-hybridized carbons (Fsp3) is 0.417. The first-order valence-corrected chi connectivity index (χ1v) is 5.06. The number of rotatable bonds is 3. The summed E-state index contributed by atoms with van der Waals surface area (Å²) >= 11 is 0. The Morgan fingerprint density at radius 1 is 1.27 bits per heavy atom. The van der Waals surface area contributed by atoms with Gasteiger partial charge in [0, 0.05) is 5.56 Å². The smallest absolute Gasteiger partial charge is 0.112 e. The van der Waals surface area contributed by atoms with Crippen molar-refractivity contribution in [3.05, 3.63) is 35.4 Å². The van der Waals surface area contributed by atoms with Crippen molar-refractivity contribution in [2.45, 2.75) is 20.8 Å². The van der Waals surface area contributed by atoms with Gasteiger partial charge in [-0.2, -0.15) is 0 Å². The summed E-state index contributed by atoms with van der Waals surface area (Å²) < 4.78 is 0. The van der Waals surface area contributed by atoms with Gasteiger partial charge in [-0.25, -0.2) is 0 Å². The highest BCUT2D eigenvalue weighted by Gasteiger charge is 2.01. The molecule has 3 heteroatoms. The molecule has 0 aliphatic carbocycles. The first kappa shape index (κ1) is 13.7. The molecule has 0 spiro atoms. The zero-order chi connectivity index (χ0) is 11.7. The molecule has 84 valence electrons. The fourth-order valence-corrected chi connectivity index (χ4v) is 1.03. The first-order valence-electron chi connectivity index (χ1n) is 5.06. The third kappa shape index (κ3) is 4.61. The minimum Gasteiger partial charge on any atom is -0.399 e. The Morgan fingerprint density at radius 3 is 2.20 bits per heavy atom. The van der Waals surface area contributed by atoms with Crippen molar-refractivity contribution in [3.8, 4) is 0 Å². The molecular weight excluding hydrogens is 190 g/mol. The largest absolute Gasteiger partial charge is 0.399 e. The van der Waals surface area contributed by atoms with E-state index in [4.69, 9.17) is 5.11 Å². The van der Waals surface area contributed by atoms with Crippen molar-refractivity contribution >= 4 is 5.71 Å². The molecule has 0 heterocycles. The fourth-order valence-electron chi connectivity index (χ4n) is 1.03. The van der Waals surface area contributed by atoms with Crippen LogP contribution in [-0.4, -0.2) is 24.5 Å². The van der Waals surface area contributed by atoms with E-state index in [2.05, 4.69) is 9.99 Å². The summed E-state index contributed by atoms with van der Waals surface area (Å²) in [7, 11) is 1.46. The van der Waals surface area contributed by atoms with Gasteiger partial charge in [-0.1, -0.05) is 48.8 Å². The van der Waals surface area contributed by atoms with Gasteiger partial charge in [0.25, 0.3) is 0 Å². The lowest BCUT2D eigenvalue weighted by Gasteiger charge is -2.02. The SMILES string of the molecule is CC.CO/N=C(\CO)c1ccc(C)cc1. The minimum atomic E-state index is -0.114. The van der Waals surface area contributed by atoms with Crippen LogP contribution in [0.4, 0.5) is 0 Å². The lowest BCUT2D eigenvalue weighted by atomic mass is 10.1. The number of aryl methyl sites for hydroxylation is 1. The Morgan fingerprint density at radius 2 is 1.80 bits per heavy atom. The molecule has 3 nitrogen and oxygen atoms in total. The molecule has 0 saturated carbocycles. The average Bonchev–Trinajstić information content (AvgIpc) is 2.30. The number of aliphatic hydroxyl groups is 1. The second kappa shape index (κ2) is 8.00. The van der Waals surface area contributed by atoms with E-state index >= 15 is 0 Å². The molecule has 1 rings (SSSR count). The van der Waals surface area contributed by atoms with Crippen LogP contribution in [0.1, 0.15) is 25.0 Å². The maximum Gasteiger partial charge on any atom is 0.112 e. The molecule has 0 atom stereocenters. The highest BCUT2D eigenvalue weighted by molar-refractivity contribution is 6.01. The van der Waals surface area contributed by atoms with E-state index < -0.39 is 0 Å². The normalized spacial score (nSPS) is 10.3. The summed E-state index contributed by atoms with van der Waals surface area (Å²) in [5.74, 6) is 0. The van der Waals surface area contributed by atoms with Crippen molar-refractivity contribution in [2.75, 3.05) is 13.7 Å². The van der Waals surface area contributed by atoms with E-state index in [9.17, 15) is 0 Å². The predicted molar refractivity (Wildman–Crippen MR) is 63.2 cm³/mol. The lowest BCUT2D eigenvalue weighted by molar-refractivity contribution is 0.209. The van der Waals surface area contributed by atoms with Crippen LogP contribution in [0.2, 0.25) is 0 Å². The van der Waals surface area contributed by atoms with E-state index in [0.717, 1.165) is 5.56 Å².